The minimum Gasteiger partial charge on any atom is -0.339 e. The zero-order chi connectivity index (χ0) is 18.0. The second kappa shape index (κ2) is 8.57. The molecule has 1 aromatic carbocycles. The fourth-order valence-electron chi connectivity index (χ4n) is 3.70. The number of alkyl halides is 3. The Morgan fingerprint density at radius 1 is 1.08 bits per heavy atom. The number of nitrogens with zero attached hydrogens (tertiary/aromatic N) is 1. The van der Waals surface area contributed by atoms with E-state index in [-0.39, 0.29) is 49.8 Å². The number of likely N-dealkylation sites (tertiary alicyclic amines) is 1. The molecule has 2 aliphatic rings. The van der Waals surface area contributed by atoms with Crippen molar-refractivity contribution in [2.24, 2.45) is 5.92 Å². The largest absolute Gasteiger partial charge is 0.391 e. The van der Waals surface area contributed by atoms with Crippen LogP contribution < -0.4 is 5.32 Å². The van der Waals surface area contributed by atoms with E-state index in [1.165, 1.54) is 11.0 Å². The van der Waals surface area contributed by atoms with Gasteiger partial charge < -0.3 is 10.2 Å². The van der Waals surface area contributed by atoms with Crippen molar-refractivity contribution in [1.82, 2.24) is 10.2 Å². The van der Waals surface area contributed by atoms with Crippen molar-refractivity contribution in [3.63, 3.8) is 0 Å². The number of nitrogens with one attached hydrogen (secondary N) is 1. The van der Waals surface area contributed by atoms with Crippen LogP contribution in [0.1, 0.15) is 47.5 Å². The van der Waals surface area contributed by atoms with Gasteiger partial charge in [-0.2, -0.15) is 13.2 Å². The summed E-state index contributed by atoms with van der Waals surface area (Å²) in [5, 5.41) is 3.26. The molecule has 26 heavy (non-hydrogen) atoms. The predicted octanol–water partition coefficient (Wildman–Crippen LogP) is 4.13. The average Bonchev–Trinajstić information content (AvgIpc) is 2.62. The normalized spacial score (nSPS) is 19.9. The van der Waals surface area contributed by atoms with Crippen molar-refractivity contribution in [2.75, 3.05) is 26.2 Å². The lowest BCUT2D eigenvalue weighted by atomic mass is 9.89. The van der Waals surface area contributed by atoms with Gasteiger partial charge in [0.2, 0.25) is 0 Å². The van der Waals surface area contributed by atoms with E-state index in [1.54, 1.807) is 12.1 Å². The second-order valence-electron chi connectivity index (χ2n) is 6.87. The molecule has 2 aliphatic heterocycles. The minimum atomic E-state index is -4.23. The number of halogens is 5. The Bertz CT molecular complexity index is 624. The van der Waals surface area contributed by atoms with Gasteiger partial charge in [0.05, 0.1) is 11.5 Å². The number of rotatable bonds is 2. The molecule has 0 aromatic heterocycles. The molecule has 1 N–H and O–H groups in total. The fraction of sp³-hybridized carbons (Fsp3) is 0.611. The Balaban J connectivity index is 0.00000243. The third-order valence-corrected chi connectivity index (χ3v) is 5.28. The first-order valence-electron chi connectivity index (χ1n) is 8.72. The third kappa shape index (κ3) is 4.68. The van der Waals surface area contributed by atoms with E-state index in [1.807, 2.05) is 0 Å². The predicted molar refractivity (Wildman–Crippen MR) is 93.2 cm³/mol. The zero-order valence-corrected chi connectivity index (χ0v) is 15.1. The first-order valence-corrected chi connectivity index (χ1v) is 8.72. The number of carbonyl (C=O) groups excluding carboxylic acids is 1. The van der Waals surface area contributed by atoms with Crippen molar-refractivity contribution in [3.8, 4) is 0 Å². The summed E-state index contributed by atoms with van der Waals surface area (Å²) in [6, 6.07) is 4.59. The van der Waals surface area contributed by atoms with Crippen LogP contribution in [0.2, 0.25) is 0 Å². The van der Waals surface area contributed by atoms with Crippen LogP contribution in [0.25, 0.3) is 0 Å². The van der Waals surface area contributed by atoms with Gasteiger partial charge in [0.25, 0.3) is 5.91 Å². The summed E-state index contributed by atoms with van der Waals surface area (Å²) in [6.45, 7) is 1.80. The molecule has 0 atom stereocenters. The van der Waals surface area contributed by atoms with Crippen molar-refractivity contribution in [2.45, 2.75) is 37.8 Å². The van der Waals surface area contributed by atoms with E-state index in [4.69, 9.17) is 0 Å². The van der Waals surface area contributed by atoms with Gasteiger partial charge in [-0.1, -0.05) is 6.07 Å². The smallest absolute Gasteiger partial charge is 0.339 e. The van der Waals surface area contributed by atoms with Gasteiger partial charge in [-0.3, -0.25) is 4.79 Å². The van der Waals surface area contributed by atoms with Gasteiger partial charge in [-0.05, 0) is 62.4 Å². The number of hydrogen-bond donors (Lipinski definition) is 1. The SMILES string of the molecule is Cl.O=C(c1cc(C2CCNCC2)ccc1F)N1CCC(C(F)(F)F)CC1. The van der Waals surface area contributed by atoms with Gasteiger partial charge in [0.1, 0.15) is 5.82 Å². The van der Waals surface area contributed by atoms with Gasteiger partial charge in [0, 0.05) is 13.1 Å². The molecule has 3 nitrogen and oxygen atoms in total. The monoisotopic (exact) mass is 394 g/mol. The van der Waals surface area contributed by atoms with Crippen LogP contribution in [-0.2, 0) is 0 Å². The van der Waals surface area contributed by atoms with Crippen molar-refractivity contribution in [1.29, 1.82) is 0 Å². The van der Waals surface area contributed by atoms with Gasteiger partial charge in [0.15, 0.2) is 0 Å². The number of benzene rings is 1. The van der Waals surface area contributed by atoms with Crippen LogP contribution in [-0.4, -0.2) is 43.2 Å². The van der Waals surface area contributed by atoms with Crippen LogP contribution in [0.3, 0.4) is 0 Å². The molecule has 1 amide bonds. The van der Waals surface area contributed by atoms with E-state index in [0.29, 0.717) is 0 Å². The van der Waals surface area contributed by atoms with E-state index >= 15 is 0 Å². The lowest BCUT2D eigenvalue weighted by Gasteiger charge is -2.33. The Hall–Kier alpha value is -1.34. The summed E-state index contributed by atoms with van der Waals surface area (Å²) >= 11 is 0. The highest BCUT2D eigenvalue weighted by Gasteiger charge is 2.42. The third-order valence-electron chi connectivity index (χ3n) is 5.28. The highest BCUT2D eigenvalue weighted by atomic mass is 35.5. The standard InChI is InChI=1S/C18H22F4N2O.ClH/c19-16-2-1-13(12-3-7-23-8-4-12)11-15(16)17(25)24-9-5-14(6-10-24)18(20,21)22;/h1-2,11-12,14,23H,3-10H2;1H. The molecule has 146 valence electrons. The summed E-state index contributed by atoms with van der Waals surface area (Å²) in [7, 11) is 0. The summed E-state index contributed by atoms with van der Waals surface area (Å²) in [5.41, 5.74) is 0.901. The van der Waals surface area contributed by atoms with Crippen LogP contribution >= 0.6 is 12.4 Å². The Labute approximate surface area is 156 Å². The maximum atomic E-state index is 14.2. The van der Waals surface area contributed by atoms with E-state index in [9.17, 15) is 22.4 Å². The molecule has 2 heterocycles. The second-order valence-corrected chi connectivity index (χ2v) is 6.87. The quantitative estimate of drug-likeness (QED) is 0.765. The molecule has 0 unspecified atom stereocenters. The highest BCUT2D eigenvalue weighted by Crippen LogP contribution is 2.35. The molecule has 0 aliphatic carbocycles. The van der Waals surface area contributed by atoms with Crippen LogP contribution in [0.15, 0.2) is 18.2 Å². The van der Waals surface area contributed by atoms with Crippen LogP contribution in [0, 0.1) is 11.7 Å². The Kier molecular flexibility index (Phi) is 6.91. The first-order chi connectivity index (χ1) is 11.9. The average molecular weight is 395 g/mol. The molecule has 0 bridgehead atoms. The molecular formula is C18H23ClF4N2O. The molecule has 0 radical (unpaired) electrons. The molecule has 2 saturated heterocycles. The molecular weight excluding hydrogens is 372 g/mol. The summed E-state index contributed by atoms with van der Waals surface area (Å²) in [4.78, 5) is 13.9. The minimum absolute atomic E-state index is 0. The van der Waals surface area contributed by atoms with Gasteiger partial charge >= 0.3 is 6.18 Å². The lowest BCUT2D eigenvalue weighted by Crippen LogP contribution is -2.42. The highest BCUT2D eigenvalue weighted by molar-refractivity contribution is 5.94. The molecule has 0 spiro atoms. The van der Waals surface area contributed by atoms with Gasteiger partial charge in [-0.25, -0.2) is 4.39 Å². The van der Waals surface area contributed by atoms with Crippen molar-refractivity contribution in [3.05, 3.63) is 35.1 Å². The summed E-state index contributed by atoms with van der Waals surface area (Å²) < 4.78 is 52.4. The Morgan fingerprint density at radius 3 is 2.27 bits per heavy atom. The van der Waals surface area contributed by atoms with Crippen molar-refractivity contribution >= 4 is 18.3 Å². The number of carbonyl (C=O) groups is 1. The summed E-state index contributed by atoms with van der Waals surface area (Å²) in [6.07, 6.45) is -2.61. The fourth-order valence-corrected chi connectivity index (χ4v) is 3.70. The van der Waals surface area contributed by atoms with Crippen LogP contribution in [0.4, 0.5) is 17.6 Å². The van der Waals surface area contributed by atoms with Gasteiger partial charge in [-0.15, -0.1) is 12.4 Å². The Morgan fingerprint density at radius 2 is 1.69 bits per heavy atom. The molecule has 1 aromatic rings. The van der Waals surface area contributed by atoms with E-state index in [0.717, 1.165) is 31.5 Å². The lowest BCUT2D eigenvalue weighted by molar-refractivity contribution is -0.183. The van der Waals surface area contributed by atoms with E-state index < -0.39 is 23.8 Å². The molecule has 3 rings (SSSR count). The topological polar surface area (TPSA) is 32.3 Å². The maximum absolute atomic E-state index is 14.2. The first kappa shape index (κ1) is 21.0. The molecule has 2 fully saturated rings. The number of hydrogen-bond acceptors (Lipinski definition) is 2. The molecule has 8 heteroatoms. The number of amides is 1. The zero-order valence-electron chi connectivity index (χ0n) is 14.3. The number of piperidine rings is 2. The van der Waals surface area contributed by atoms with E-state index in [2.05, 4.69) is 5.32 Å². The molecule has 0 saturated carbocycles. The maximum Gasteiger partial charge on any atom is 0.391 e. The summed E-state index contributed by atoms with van der Waals surface area (Å²) in [5.74, 6) is -2.21. The van der Waals surface area contributed by atoms with Crippen molar-refractivity contribution < 1.29 is 22.4 Å². The van der Waals surface area contributed by atoms with Crippen LogP contribution in [0.5, 0.6) is 0 Å².